The van der Waals surface area contributed by atoms with Gasteiger partial charge in [-0.05, 0) is 30.4 Å². The molecule has 1 atom stereocenters. The Balaban J connectivity index is 1.75. The second-order valence-electron chi connectivity index (χ2n) is 4.91. The molecule has 0 N–H and O–H groups in total. The lowest BCUT2D eigenvalue weighted by Gasteiger charge is -2.34. The van der Waals surface area contributed by atoms with E-state index in [9.17, 15) is 4.79 Å². The SMILES string of the molecule is O=C(C1Cc2ccccc21)N(CCBr)C1CC1. The van der Waals surface area contributed by atoms with E-state index in [0.29, 0.717) is 11.9 Å². The number of fused-ring (bicyclic) bond motifs is 1. The number of benzene rings is 1. The maximum atomic E-state index is 12.5. The Morgan fingerprint density at radius 2 is 2.12 bits per heavy atom. The maximum absolute atomic E-state index is 12.5. The van der Waals surface area contributed by atoms with Crippen LogP contribution in [-0.2, 0) is 11.2 Å². The van der Waals surface area contributed by atoms with Gasteiger partial charge in [0.1, 0.15) is 0 Å². The molecule has 1 fully saturated rings. The fourth-order valence-electron chi connectivity index (χ4n) is 2.63. The number of rotatable bonds is 4. The lowest BCUT2D eigenvalue weighted by Crippen LogP contribution is -2.41. The van der Waals surface area contributed by atoms with Crippen LogP contribution in [0, 0.1) is 0 Å². The molecule has 2 nitrogen and oxygen atoms in total. The molecule has 1 saturated carbocycles. The molecule has 0 aromatic heterocycles. The molecule has 3 heteroatoms. The summed E-state index contributed by atoms with van der Waals surface area (Å²) in [5, 5.41) is 0.879. The van der Waals surface area contributed by atoms with Gasteiger partial charge in [0.15, 0.2) is 0 Å². The molecule has 1 aromatic carbocycles. The molecule has 17 heavy (non-hydrogen) atoms. The molecule has 0 heterocycles. The Morgan fingerprint density at radius 1 is 1.35 bits per heavy atom. The van der Waals surface area contributed by atoms with Crippen LogP contribution < -0.4 is 0 Å². The first-order valence-corrected chi connectivity index (χ1v) is 7.37. The summed E-state index contributed by atoms with van der Waals surface area (Å²) in [4.78, 5) is 14.5. The smallest absolute Gasteiger partial charge is 0.230 e. The zero-order valence-electron chi connectivity index (χ0n) is 9.73. The van der Waals surface area contributed by atoms with E-state index in [-0.39, 0.29) is 5.92 Å². The van der Waals surface area contributed by atoms with E-state index in [0.717, 1.165) is 18.3 Å². The van der Waals surface area contributed by atoms with Crippen molar-refractivity contribution in [3.05, 3.63) is 35.4 Å². The minimum atomic E-state index is 0.130. The predicted molar refractivity (Wildman–Crippen MR) is 71.4 cm³/mol. The van der Waals surface area contributed by atoms with Crippen molar-refractivity contribution in [2.75, 3.05) is 11.9 Å². The summed E-state index contributed by atoms with van der Waals surface area (Å²) in [6.45, 7) is 0.849. The molecule has 0 radical (unpaired) electrons. The third-order valence-corrected chi connectivity index (χ3v) is 4.10. The van der Waals surface area contributed by atoms with E-state index in [1.54, 1.807) is 0 Å². The van der Waals surface area contributed by atoms with E-state index in [4.69, 9.17) is 0 Å². The highest BCUT2D eigenvalue weighted by Crippen LogP contribution is 2.38. The third kappa shape index (κ3) is 2.01. The predicted octanol–water partition coefficient (Wildman–Crippen LogP) is 2.71. The number of carbonyl (C=O) groups is 1. The second-order valence-corrected chi connectivity index (χ2v) is 5.70. The number of hydrogen-bond donors (Lipinski definition) is 0. The fourth-order valence-corrected chi connectivity index (χ4v) is 3.01. The third-order valence-electron chi connectivity index (χ3n) is 3.75. The number of halogens is 1. The highest BCUT2D eigenvalue weighted by molar-refractivity contribution is 9.09. The Labute approximate surface area is 110 Å². The van der Waals surface area contributed by atoms with Gasteiger partial charge < -0.3 is 4.90 Å². The molecule has 2 aliphatic rings. The van der Waals surface area contributed by atoms with Crippen LogP contribution in [0.3, 0.4) is 0 Å². The van der Waals surface area contributed by atoms with Gasteiger partial charge >= 0.3 is 0 Å². The van der Waals surface area contributed by atoms with Gasteiger partial charge in [-0.25, -0.2) is 0 Å². The van der Waals surface area contributed by atoms with Crippen LogP contribution in [0.25, 0.3) is 0 Å². The molecular weight excluding hydrogens is 278 g/mol. The normalized spacial score (nSPS) is 21.6. The van der Waals surface area contributed by atoms with Crippen molar-refractivity contribution in [3.8, 4) is 0 Å². The van der Waals surface area contributed by atoms with Gasteiger partial charge in [0.05, 0.1) is 5.92 Å². The highest BCUT2D eigenvalue weighted by atomic mass is 79.9. The summed E-state index contributed by atoms with van der Waals surface area (Å²) >= 11 is 3.44. The van der Waals surface area contributed by atoms with Gasteiger partial charge in [-0.2, -0.15) is 0 Å². The van der Waals surface area contributed by atoms with Crippen LogP contribution in [0.5, 0.6) is 0 Å². The molecule has 1 unspecified atom stereocenters. The summed E-state index contributed by atoms with van der Waals surface area (Å²) in [6, 6.07) is 8.83. The lowest BCUT2D eigenvalue weighted by molar-refractivity contribution is -0.133. The van der Waals surface area contributed by atoms with Crippen LogP contribution >= 0.6 is 15.9 Å². The van der Waals surface area contributed by atoms with Crippen LogP contribution in [0.1, 0.15) is 29.9 Å². The summed E-state index contributed by atoms with van der Waals surface area (Å²) in [6.07, 6.45) is 3.31. The van der Waals surface area contributed by atoms with E-state index >= 15 is 0 Å². The van der Waals surface area contributed by atoms with Gasteiger partial charge in [-0.3, -0.25) is 4.79 Å². The monoisotopic (exact) mass is 293 g/mol. The molecule has 2 aliphatic carbocycles. The lowest BCUT2D eigenvalue weighted by atomic mass is 9.77. The zero-order valence-corrected chi connectivity index (χ0v) is 11.3. The largest absolute Gasteiger partial charge is 0.338 e. The molecule has 3 rings (SSSR count). The van der Waals surface area contributed by atoms with Crippen LogP contribution in [0.15, 0.2) is 24.3 Å². The van der Waals surface area contributed by atoms with Gasteiger partial charge in [0, 0.05) is 17.9 Å². The first-order chi connectivity index (χ1) is 8.31. The molecule has 1 aromatic rings. The number of alkyl halides is 1. The first kappa shape index (κ1) is 11.3. The van der Waals surface area contributed by atoms with E-state index in [1.165, 1.54) is 24.0 Å². The van der Waals surface area contributed by atoms with Gasteiger partial charge in [0.25, 0.3) is 0 Å². The summed E-state index contributed by atoms with van der Waals surface area (Å²) in [5.41, 5.74) is 2.60. The number of amides is 1. The Morgan fingerprint density at radius 3 is 2.76 bits per heavy atom. The van der Waals surface area contributed by atoms with Crippen LogP contribution in [0.4, 0.5) is 0 Å². The van der Waals surface area contributed by atoms with Gasteiger partial charge in [0.2, 0.25) is 5.91 Å². The van der Waals surface area contributed by atoms with Crippen molar-refractivity contribution in [2.45, 2.75) is 31.2 Å². The van der Waals surface area contributed by atoms with E-state index in [2.05, 4.69) is 39.0 Å². The molecule has 0 saturated heterocycles. The van der Waals surface area contributed by atoms with Crippen molar-refractivity contribution < 1.29 is 4.79 Å². The van der Waals surface area contributed by atoms with E-state index < -0.39 is 0 Å². The standard InChI is InChI=1S/C14H16BrNO/c15-7-8-16(11-5-6-11)14(17)13-9-10-3-1-2-4-12(10)13/h1-4,11,13H,5-9H2. The minimum absolute atomic E-state index is 0.130. The minimum Gasteiger partial charge on any atom is -0.338 e. The van der Waals surface area contributed by atoms with Gasteiger partial charge in [-0.1, -0.05) is 40.2 Å². The summed E-state index contributed by atoms with van der Waals surface area (Å²) in [7, 11) is 0. The zero-order chi connectivity index (χ0) is 11.8. The van der Waals surface area contributed by atoms with Crippen LogP contribution in [-0.4, -0.2) is 28.7 Å². The first-order valence-electron chi connectivity index (χ1n) is 6.25. The van der Waals surface area contributed by atoms with Crippen molar-refractivity contribution in [3.63, 3.8) is 0 Å². The Kier molecular flexibility index (Phi) is 2.95. The average Bonchev–Trinajstić information content (AvgIpc) is 3.11. The molecular formula is C14H16BrNO. The molecule has 1 amide bonds. The number of nitrogens with zero attached hydrogens (tertiary/aromatic N) is 1. The average molecular weight is 294 g/mol. The Bertz CT molecular complexity index is 442. The topological polar surface area (TPSA) is 20.3 Å². The number of hydrogen-bond acceptors (Lipinski definition) is 1. The fraction of sp³-hybridized carbons (Fsp3) is 0.500. The quantitative estimate of drug-likeness (QED) is 0.782. The number of carbonyl (C=O) groups excluding carboxylic acids is 1. The second kappa shape index (κ2) is 4.45. The van der Waals surface area contributed by atoms with Crippen molar-refractivity contribution in [1.82, 2.24) is 4.90 Å². The van der Waals surface area contributed by atoms with Crippen molar-refractivity contribution in [1.29, 1.82) is 0 Å². The highest BCUT2D eigenvalue weighted by Gasteiger charge is 2.39. The van der Waals surface area contributed by atoms with Gasteiger partial charge in [-0.15, -0.1) is 0 Å². The molecule has 0 aliphatic heterocycles. The van der Waals surface area contributed by atoms with Crippen molar-refractivity contribution >= 4 is 21.8 Å². The maximum Gasteiger partial charge on any atom is 0.230 e. The molecule has 90 valence electrons. The molecule has 0 spiro atoms. The Hall–Kier alpha value is -0.830. The summed E-state index contributed by atoms with van der Waals surface area (Å²) in [5.74, 6) is 0.469. The summed E-state index contributed by atoms with van der Waals surface area (Å²) < 4.78 is 0. The van der Waals surface area contributed by atoms with E-state index in [1.807, 2.05) is 6.07 Å². The molecule has 0 bridgehead atoms. The van der Waals surface area contributed by atoms with Crippen molar-refractivity contribution in [2.24, 2.45) is 0 Å². The van der Waals surface area contributed by atoms with Crippen LogP contribution in [0.2, 0.25) is 0 Å².